The zero-order valence-corrected chi connectivity index (χ0v) is 12.8. The van der Waals surface area contributed by atoms with Crippen LogP contribution in [0.2, 0.25) is 0 Å². The van der Waals surface area contributed by atoms with Gasteiger partial charge in [-0.3, -0.25) is 0 Å². The standard InChI is InChI=1S/C19H17NO3/c1-12-9-14(11-21)20-16-7-4-6-15(19(16)22-12)18-10-13-5-2-3-8-17(13)23-18/h2-8,10-12,14,20H,9H2,1H3/t12-,14?/m1/s1. The Labute approximate surface area is 134 Å². The van der Waals surface area contributed by atoms with Gasteiger partial charge >= 0.3 is 0 Å². The first-order chi connectivity index (χ1) is 11.2. The van der Waals surface area contributed by atoms with Gasteiger partial charge in [-0.1, -0.05) is 24.3 Å². The molecule has 0 spiro atoms. The summed E-state index contributed by atoms with van der Waals surface area (Å²) in [6, 6.07) is 15.5. The molecule has 1 N–H and O–H groups in total. The molecule has 0 amide bonds. The van der Waals surface area contributed by atoms with Crippen LogP contribution in [0.5, 0.6) is 5.75 Å². The number of ether oxygens (including phenoxy) is 1. The van der Waals surface area contributed by atoms with Gasteiger partial charge in [-0.25, -0.2) is 0 Å². The van der Waals surface area contributed by atoms with Gasteiger partial charge in [0.05, 0.1) is 23.4 Å². The van der Waals surface area contributed by atoms with Gasteiger partial charge in [0.25, 0.3) is 0 Å². The predicted molar refractivity (Wildman–Crippen MR) is 89.8 cm³/mol. The molecular formula is C19H17NO3. The molecule has 2 atom stereocenters. The van der Waals surface area contributed by atoms with Crippen molar-refractivity contribution in [2.24, 2.45) is 0 Å². The van der Waals surface area contributed by atoms with Gasteiger partial charge in [-0.05, 0) is 31.2 Å². The number of carbonyl (C=O) groups excluding carboxylic acids is 1. The van der Waals surface area contributed by atoms with Gasteiger partial charge in [0.1, 0.15) is 17.6 Å². The Morgan fingerprint density at radius 2 is 2.04 bits per heavy atom. The Hall–Kier alpha value is -2.75. The average Bonchev–Trinajstić information content (AvgIpc) is 2.91. The van der Waals surface area contributed by atoms with Crippen molar-refractivity contribution in [1.82, 2.24) is 0 Å². The van der Waals surface area contributed by atoms with Crippen molar-refractivity contribution in [3.05, 3.63) is 48.5 Å². The Morgan fingerprint density at radius 1 is 1.17 bits per heavy atom. The van der Waals surface area contributed by atoms with Crippen molar-refractivity contribution in [3.63, 3.8) is 0 Å². The number of anilines is 1. The number of fused-ring (bicyclic) bond motifs is 2. The highest BCUT2D eigenvalue weighted by molar-refractivity contribution is 5.86. The van der Waals surface area contributed by atoms with Gasteiger partial charge in [-0.15, -0.1) is 0 Å². The van der Waals surface area contributed by atoms with Crippen LogP contribution in [0.25, 0.3) is 22.3 Å². The molecule has 0 saturated carbocycles. The lowest BCUT2D eigenvalue weighted by atomic mass is 10.1. The molecule has 2 aromatic carbocycles. The van der Waals surface area contributed by atoms with E-state index >= 15 is 0 Å². The van der Waals surface area contributed by atoms with Crippen LogP contribution in [-0.2, 0) is 4.79 Å². The Kier molecular flexibility index (Phi) is 3.30. The quantitative estimate of drug-likeness (QED) is 0.719. The highest BCUT2D eigenvalue weighted by Crippen LogP contribution is 2.41. The lowest BCUT2D eigenvalue weighted by Gasteiger charge is -2.14. The van der Waals surface area contributed by atoms with E-state index in [1.165, 1.54) is 0 Å². The second-order valence-electron chi connectivity index (χ2n) is 5.88. The highest BCUT2D eigenvalue weighted by atomic mass is 16.5. The largest absolute Gasteiger partial charge is 0.488 e. The maximum absolute atomic E-state index is 11.2. The number of carbonyl (C=O) groups is 1. The van der Waals surface area contributed by atoms with Crippen molar-refractivity contribution >= 4 is 22.9 Å². The van der Waals surface area contributed by atoms with E-state index in [1.54, 1.807) is 0 Å². The van der Waals surface area contributed by atoms with Crippen LogP contribution in [-0.4, -0.2) is 18.4 Å². The number of para-hydroxylation sites is 2. The average molecular weight is 307 g/mol. The molecule has 4 nitrogen and oxygen atoms in total. The first-order valence-corrected chi connectivity index (χ1v) is 7.75. The van der Waals surface area contributed by atoms with E-state index in [2.05, 4.69) is 5.32 Å². The minimum atomic E-state index is -0.239. The summed E-state index contributed by atoms with van der Waals surface area (Å²) < 4.78 is 12.1. The second kappa shape index (κ2) is 5.47. The van der Waals surface area contributed by atoms with Crippen molar-refractivity contribution < 1.29 is 13.9 Å². The van der Waals surface area contributed by atoms with Gasteiger partial charge in [-0.2, -0.15) is 0 Å². The summed E-state index contributed by atoms with van der Waals surface area (Å²) in [6.45, 7) is 1.97. The second-order valence-corrected chi connectivity index (χ2v) is 5.88. The molecule has 4 rings (SSSR count). The third kappa shape index (κ3) is 2.46. The Bertz CT molecular complexity index is 835. The monoisotopic (exact) mass is 307 g/mol. The smallest absolute Gasteiger partial charge is 0.153 e. The van der Waals surface area contributed by atoms with Crippen molar-refractivity contribution in [3.8, 4) is 17.1 Å². The molecular weight excluding hydrogens is 290 g/mol. The number of nitrogens with one attached hydrogen (secondary N) is 1. The van der Waals surface area contributed by atoms with E-state index in [0.29, 0.717) is 6.42 Å². The van der Waals surface area contributed by atoms with E-state index in [9.17, 15) is 4.79 Å². The van der Waals surface area contributed by atoms with E-state index in [-0.39, 0.29) is 12.1 Å². The summed E-state index contributed by atoms with van der Waals surface area (Å²) in [4.78, 5) is 11.2. The topological polar surface area (TPSA) is 51.5 Å². The van der Waals surface area contributed by atoms with E-state index in [1.807, 2.05) is 55.5 Å². The summed E-state index contributed by atoms with van der Waals surface area (Å²) in [5.74, 6) is 1.50. The maximum Gasteiger partial charge on any atom is 0.153 e. The molecule has 116 valence electrons. The van der Waals surface area contributed by atoms with Crippen molar-refractivity contribution in [2.45, 2.75) is 25.5 Å². The third-order valence-corrected chi connectivity index (χ3v) is 4.12. The van der Waals surface area contributed by atoms with Gasteiger partial charge in [0, 0.05) is 11.8 Å². The van der Waals surface area contributed by atoms with Crippen molar-refractivity contribution in [1.29, 1.82) is 0 Å². The Balaban J connectivity index is 1.85. The number of aldehydes is 1. The maximum atomic E-state index is 11.2. The highest BCUT2D eigenvalue weighted by Gasteiger charge is 2.24. The summed E-state index contributed by atoms with van der Waals surface area (Å²) in [6.07, 6.45) is 1.52. The first-order valence-electron chi connectivity index (χ1n) is 7.75. The number of furan rings is 1. The van der Waals surface area contributed by atoms with E-state index in [0.717, 1.165) is 40.0 Å². The molecule has 0 fully saturated rings. The van der Waals surface area contributed by atoms with Gasteiger partial charge < -0.3 is 19.3 Å². The molecule has 3 aromatic rings. The molecule has 4 heteroatoms. The van der Waals surface area contributed by atoms with Crippen LogP contribution in [0, 0.1) is 0 Å². The molecule has 1 unspecified atom stereocenters. The third-order valence-electron chi connectivity index (χ3n) is 4.12. The molecule has 0 aliphatic carbocycles. The molecule has 2 heterocycles. The zero-order chi connectivity index (χ0) is 15.8. The molecule has 0 radical (unpaired) electrons. The SMILES string of the molecule is C[C@@H]1CC(C=O)Nc2cccc(-c3cc4ccccc4o3)c2O1. The fourth-order valence-corrected chi connectivity index (χ4v) is 3.04. The van der Waals surface area contributed by atoms with Crippen molar-refractivity contribution in [2.75, 3.05) is 5.32 Å². The van der Waals surface area contributed by atoms with Gasteiger partial charge in [0.2, 0.25) is 0 Å². The van der Waals surface area contributed by atoms with Crippen LogP contribution in [0.1, 0.15) is 13.3 Å². The van der Waals surface area contributed by atoms with Crippen LogP contribution in [0.3, 0.4) is 0 Å². The van der Waals surface area contributed by atoms with E-state index in [4.69, 9.17) is 9.15 Å². The predicted octanol–water partition coefficient (Wildman–Crippen LogP) is 4.25. The lowest BCUT2D eigenvalue weighted by molar-refractivity contribution is -0.108. The minimum absolute atomic E-state index is 0.0514. The lowest BCUT2D eigenvalue weighted by Crippen LogP contribution is -2.24. The first kappa shape index (κ1) is 13.9. The number of hydrogen-bond donors (Lipinski definition) is 1. The fourth-order valence-electron chi connectivity index (χ4n) is 3.04. The number of benzene rings is 2. The molecule has 0 bridgehead atoms. The van der Waals surface area contributed by atoms with Crippen LogP contribution < -0.4 is 10.1 Å². The zero-order valence-electron chi connectivity index (χ0n) is 12.8. The van der Waals surface area contributed by atoms with E-state index < -0.39 is 0 Å². The summed E-state index contributed by atoms with van der Waals surface area (Å²) in [7, 11) is 0. The molecule has 23 heavy (non-hydrogen) atoms. The summed E-state index contributed by atoms with van der Waals surface area (Å²) in [5, 5.41) is 4.30. The minimum Gasteiger partial charge on any atom is -0.488 e. The normalized spacial score (nSPS) is 20.2. The summed E-state index contributed by atoms with van der Waals surface area (Å²) >= 11 is 0. The summed E-state index contributed by atoms with van der Waals surface area (Å²) in [5.41, 5.74) is 2.56. The fraction of sp³-hybridized carbons (Fsp3) is 0.211. The van der Waals surface area contributed by atoms with Crippen LogP contribution in [0.15, 0.2) is 52.9 Å². The Morgan fingerprint density at radius 3 is 2.87 bits per heavy atom. The van der Waals surface area contributed by atoms with Crippen LogP contribution >= 0.6 is 0 Å². The molecule has 1 aliphatic rings. The number of rotatable bonds is 2. The van der Waals surface area contributed by atoms with Gasteiger partial charge in [0.15, 0.2) is 5.75 Å². The molecule has 1 aromatic heterocycles. The van der Waals surface area contributed by atoms with Crippen LogP contribution in [0.4, 0.5) is 5.69 Å². The number of hydrogen-bond acceptors (Lipinski definition) is 4. The molecule has 1 aliphatic heterocycles. The molecule has 0 saturated heterocycles.